The van der Waals surface area contributed by atoms with E-state index in [1.165, 1.54) is 6.92 Å². The van der Waals surface area contributed by atoms with Crippen molar-refractivity contribution in [1.82, 2.24) is 19.9 Å². The maximum Gasteiger partial charge on any atom is 0.256 e. The lowest BCUT2D eigenvalue weighted by atomic mass is 10.1. The normalized spacial score (nSPS) is 10.7. The fraction of sp³-hybridized carbons (Fsp3) is 0.400. The molecule has 2 aromatic rings. The molecule has 0 atom stereocenters. The topological polar surface area (TPSA) is 81.8 Å². The highest BCUT2D eigenvalue weighted by Crippen LogP contribution is 2.20. The summed E-state index contributed by atoms with van der Waals surface area (Å²) in [4.78, 5) is 36.0. The van der Waals surface area contributed by atoms with Gasteiger partial charge in [0.1, 0.15) is 5.82 Å². The van der Waals surface area contributed by atoms with E-state index in [1.807, 2.05) is 6.92 Å². The number of imidazole rings is 1. The van der Waals surface area contributed by atoms with Crippen molar-refractivity contribution in [3.63, 3.8) is 0 Å². The number of aromatic nitrogens is 3. The molecule has 0 aliphatic rings. The maximum atomic E-state index is 12.6. The van der Waals surface area contributed by atoms with Crippen LogP contribution in [0.3, 0.4) is 0 Å². The van der Waals surface area contributed by atoms with E-state index >= 15 is 0 Å². The molecule has 6 nitrogen and oxygen atoms in total. The number of aryl methyl sites for hydroxylation is 2. The van der Waals surface area contributed by atoms with Gasteiger partial charge in [0, 0.05) is 31.6 Å². The Kier molecular flexibility index (Phi) is 3.97. The molecule has 0 aromatic carbocycles. The van der Waals surface area contributed by atoms with E-state index in [1.54, 1.807) is 32.0 Å². The Labute approximate surface area is 123 Å². The summed E-state index contributed by atoms with van der Waals surface area (Å²) in [6.45, 7) is 7.39. The van der Waals surface area contributed by atoms with Crippen LogP contribution in [-0.4, -0.2) is 38.6 Å². The second-order valence-corrected chi connectivity index (χ2v) is 5.36. The average molecular weight is 288 g/mol. The average Bonchev–Trinajstić information content (AvgIpc) is 2.92. The van der Waals surface area contributed by atoms with Gasteiger partial charge in [-0.2, -0.15) is 0 Å². The molecule has 0 aliphatic carbocycles. The van der Waals surface area contributed by atoms with E-state index in [0.717, 1.165) is 11.5 Å². The molecule has 0 aliphatic heterocycles. The first kappa shape index (κ1) is 15.0. The standard InChI is InChI=1S/C15H20N4O2/c1-8-6-16-12(17-8)7-19(5)15(21)13-9(2)14(11(4)20)18-10(13)3/h6,18H,7H2,1-5H3,(H,16,17). The molecule has 1 amide bonds. The van der Waals surface area contributed by atoms with E-state index in [0.29, 0.717) is 29.1 Å². The largest absolute Gasteiger partial charge is 0.355 e. The lowest BCUT2D eigenvalue weighted by Crippen LogP contribution is -2.27. The highest BCUT2D eigenvalue weighted by Gasteiger charge is 2.23. The van der Waals surface area contributed by atoms with E-state index < -0.39 is 0 Å². The molecule has 2 rings (SSSR count). The van der Waals surface area contributed by atoms with Crippen molar-refractivity contribution in [2.75, 3.05) is 7.05 Å². The predicted molar refractivity (Wildman–Crippen MR) is 79.4 cm³/mol. The molecule has 0 unspecified atom stereocenters. The summed E-state index contributed by atoms with van der Waals surface area (Å²) < 4.78 is 0. The molecule has 0 bridgehead atoms. The first-order valence-corrected chi connectivity index (χ1v) is 6.77. The van der Waals surface area contributed by atoms with Crippen LogP contribution in [0.5, 0.6) is 0 Å². The summed E-state index contributed by atoms with van der Waals surface area (Å²) in [5, 5.41) is 0. The summed E-state index contributed by atoms with van der Waals surface area (Å²) in [5.74, 6) is 0.544. The Balaban J connectivity index is 2.25. The van der Waals surface area contributed by atoms with Crippen molar-refractivity contribution in [2.45, 2.75) is 34.2 Å². The molecule has 2 heterocycles. The van der Waals surface area contributed by atoms with Gasteiger partial charge in [0.15, 0.2) is 5.78 Å². The Hall–Kier alpha value is -2.37. The molecule has 112 valence electrons. The number of nitrogens with zero attached hydrogens (tertiary/aromatic N) is 2. The minimum Gasteiger partial charge on any atom is -0.355 e. The number of hydrogen-bond donors (Lipinski definition) is 2. The Morgan fingerprint density at radius 1 is 1.24 bits per heavy atom. The van der Waals surface area contributed by atoms with Crippen LogP contribution in [0.2, 0.25) is 0 Å². The highest BCUT2D eigenvalue weighted by atomic mass is 16.2. The van der Waals surface area contributed by atoms with Crippen LogP contribution in [0.4, 0.5) is 0 Å². The Bertz CT molecular complexity index is 697. The minimum atomic E-state index is -0.122. The summed E-state index contributed by atoms with van der Waals surface area (Å²) in [6, 6.07) is 0. The number of rotatable bonds is 4. The minimum absolute atomic E-state index is 0.0704. The smallest absolute Gasteiger partial charge is 0.256 e. The quantitative estimate of drug-likeness (QED) is 0.846. The van der Waals surface area contributed by atoms with Crippen molar-refractivity contribution in [3.05, 3.63) is 40.2 Å². The van der Waals surface area contributed by atoms with Crippen LogP contribution in [-0.2, 0) is 6.54 Å². The monoisotopic (exact) mass is 288 g/mol. The third-order valence-electron chi connectivity index (χ3n) is 3.49. The molecule has 0 fully saturated rings. The number of carbonyl (C=O) groups is 2. The van der Waals surface area contributed by atoms with Crippen LogP contribution < -0.4 is 0 Å². The summed E-state index contributed by atoms with van der Waals surface area (Å²) in [6.07, 6.45) is 1.73. The lowest BCUT2D eigenvalue weighted by molar-refractivity contribution is 0.0780. The molecule has 0 saturated carbocycles. The number of H-pyrrole nitrogens is 2. The summed E-state index contributed by atoms with van der Waals surface area (Å²) in [5.41, 5.74) is 3.43. The van der Waals surface area contributed by atoms with Crippen molar-refractivity contribution in [3.8, 4) is 0 Å². The molecular formula is C15H20N4O2. The van der Waals surface area contributed by atoms with E-state index in [4.69, 9.17) is 0 Å². The van der Waals surface area contributed by atoms with Crippen LogP contribution >= 0.6 is 0 Å². The van der Waals surface area contributed by atoms with Gasteiger partial charge in [0.2, 0.25) is 0 Å². The molecule has 21 heavy (non-hydrogen) atoms. The summed E-state index contributed by atoms with van der Waals surface area (Å²) in [7, 11) is 1.72. The second kappa shape index (κ2) is 5.55. The van der Waals surface area contributed by atoms with Gasteiger partial charge in [0.25, 0.3) is 5.91 Å². The first-order chi connectivity index (χ1) is 9.81. The number of ketones is 1. The zero-order valence-electron chi connectivity index (χ0n) is 13.0. The van der Waals surface area contributed by atoms with Crippen LogP contribution in [0.15, 0.2) is 6.20 Å². The SMILES string of the molecule is CC(=O)c1[nH]c(C)c(C(=O)N(C)Cc2ncc(C)[nH]2)c1C. The van der Waals surface area contributed by atoms with Gasteiger partial charge in [-0.15, -0.1) is 0 Å². The maximum absolute atomic E-state index is 12.6. The zero-order valence-corrected chi connectivity index (χ0v) is 13.0. The molecule has 0 saturated heterocycles. The lowest BCUT2D eigenvalue weighted by Gasteiger charge is -2.16. The third kappa shape index (κ3) is 2.89. The fourth-order valence-corrected chi connectivity index (χ4v) is 2.46. The van der Waals surface area contributed by atoms with Crippen molar-refractivity contribution >= 4 is 11.7 Å². The van der Waals surface area contributed by atoms with E-state index in [9.17, 15) is 9.59 Å². The van der Waals surface area contributed by atoms with Gasteiger partial charge in [-0.25, -0.2) is 4.98 Å². The number of nitrogens with one attached hydrogen (secondary N) is 2. The molecule has 0 spiro atoms. The Morgan fingerprint density at radius 2 is 1.90 bits per heavy atom. The van der Waals surface area contributed by atoms with Gasteiger partial charge in [-0.1, -0.05) is 0 Å². The predicted octanol–water partition coefficient (Wildman–Crippen LogP) is 2.14. The van der Waals surface area contributed by atoms with Crippen molar-refractivity contribution in [1.29, 1.82) is 0 Å². The summed E-state index contributed by atoms with van der Waals surface area (Å²) >= 11 is 0. The van der Waals surface area contributed by atoms with Crippen LogP contribution in [0, 0.1) is 20.8 Å². The molecule has 2 N–H and O–H groups in total. The third-order valence-corrected chi connectivity index (χ3v) is 3.49. The molecule has 6 heteroatoms. The first-order valence-electron chi connectivity index (χ1n) is 6.77. The van der Waals surface area contributed by atoms with Gasteiger partial charge in [-0.3, -0.25) is 9.59 Å². The van der Waals surface area contributed by atoms with Gasteiger partial charge in [-0.05, 0) is 26.3 Å². The van der Waals surface area contributed by atoms with Crippen molar-refractivity contribution in [2.24, 2.45) is 0 Å². The molecular weight excluding hydrogens is 268 g/mol. The highest BCUT2D eigenvalue weighted by molar-refractivity contribution is 6.02. The Morgan fingerprint density at radius 3 is 2.38 bits per heavy atom. The van der Waals surface area contributed by atoms with E-state index in [2.05, 4.69) is 15.0 Å². The molecule has 2 aromatic heterocycles. The second-order valence-electron chi connectivity index (χ2n) is 5.36. The number of carbonyl (C=O) groups excluding carboxylic acids is 2. The van der Waals surface area contributed by atoms with Crippen molar-refractivity contribution < 1.29 is 9.59 Å². The van der Waals surface area contributed by atoms with E-state index in [-0.39, 0.29) is 11.7 Å². The van der Waals surface area contributed by atoms with Gasteiger partial charge >= 0.3 is 0 Å². The van der Waals surface area contributed by atoms with Gasteiger partial charge < -0.3 is 14.9 Å². The molecule has 0 radical (unpaired) electrons. The number of aromatic amines is 2. The van der Waals surface area contributed by atoms with Gasteiger partial charge in [0.05, 0.1) is 17.8 Å². The number of amides is 1. The fourth-order valence-electron chi connectivity index (χ4n) is 2.46. The zero-order chi connectivity index (χ0) is 15.7. The number of Topliss-reactive ketones (excluding diaryl/α,β-unsaturated/α-hetero) is 1. The van der Waals surface area contributed by atoms with Crippen LogP contribution in [0.25, 0.3) is 0 Å². The number of hydrogen-bond acceptors (Lipinski definition) is 3. The van der Waals surface area contributed by atoms with Crippen LogP contribution in [0.1, 0.15) is 50.5 Å².